The average molecular weight is 314 g/mol. The van der Waals surface area contributed by atoms with Crippen LogP contribution in [-0.4, -0.2) is 5.78 Å². The second-order valence-electron chi connectivity index (χ2n) is 4.88. The number of hydrogen-bond acceptors (Lipinski definition) is 1. The van der Waals surface area contributed by atoms with E-state index in [0.29, 0.717) is 5.56 Å². The van der Waals surface area contributed by atoms with Crippen LogP contribution in [0.5, 0.6) is 0 Å². The molecule has 0 aliphatic carbocycles. The zero-order valence-electron chi connectivity index (χ0n) is 11.5. The molecule has 0 radical (unpaired) electrons. The molecule has 2 rings (SSSR count). The van der Waals surface area contributed by atoms with Crippen molar-refractivity contribution in [2.24, 2.45) is 0 Å². The summed E-state index contributed by atoms with van der Waals surface area (Å²) in [5.41, 5.74) is -0.668. The summed E-state index contributed by atoms with van der Waals surface area (Å²) in [4.78, 5) is 12.0. The van der Waals surface area contributed by atoms with Gasteiger partial charge in [0, 0.05) is 17.5 Å². The molecule has 0 aliphatic rings. The summed E-state index contributed by atoms with van der Waals surface area (Å²) in [5, 5.41) is 0. The minimum Gasteiger partial charge on any atom is -0.294 e. The van der Waals surface area contributed by atoms with Crippen LogP contribution in [0.1, 0.15) is 35.2 Å². The Labute approximate surface area is 123 Å². The lowest BCUT2D eigenvalue weighted by atomic mass is 9.92. The van der Waals surface area contributed by atoms with Crippen LogP contribution in [0.15, 0.2) is 30.3 Å². The van der Waals surface area contributed by atoms with E-state index in [1.54, 1.807) is 18.2 Å². The number of carbonyl (C=O) groups excluding carboxylic acids is 1. The normalized spacial score (nSPS) is 12.3. The molecular weight excluding hydrogens is 303 g/mol. The van der Waals surface area contributed by atoms with Crippen LogP contribution in [0.2, 0.25) is 0 Å². The zero-order chi connectivity index (χ0) is 16.4. The predicted octanol–water partition coefficient (Wildman–Crippen LogP) is 4.76. The summed E-state index contributed by atoms with van der Waals surface area (Å²) in [6, 6.07) is 7.91. The monoisotopic (exact) mass is 314 g/mol. The Morgan fingerprint density at radius 1 is 0.864 bits per heavy atom. The Balaban J connectivity index is 2.35. The highest BCUT2D eigenvalue weighted by atomic mass is 19.2. The van der Waals surface area contributed by atoms with Crippen molar-refractivity contribution in [3.8, 4) is 0 Å². The van der Waals surface area contributed by atoms with Gasteiger partial charge in [-0.05, 0) is 5.92 Å². The SMILES string of the molecule is CC(CC(=O)c1ccccc1)c1c(F)c(F)c(F)c(F)c1F. The lowest BCUT2D eigenvalue weighted by Crippen LogP contribution is -2.13. The average Bonchev–Trinajstić information content (AvgIpc) is 2.52. The van der Waals surface area contributed by atoms with Gasteiger partial charge in [0.1, 0.15) is 0 Å². The van der Waals surface area contributed by atoms with Crippen molar-refractivity contribution < 1.29 is 26.7 Å². The highest BCUT2D eigenvalue weighted by Gasteiger charge is 2.29. The summed E-state index contributed by atoms with van der Waals surface area (Å²) in [7, 11) is 0. The third-order valence-corrected chi connectivity index (χ3v) is 3.32. The standard InChI is InChI=1S/C16H11F5O/c1-8(7-10(22)9-5-3-2-4-6-9)11-12(17)14(19)16(21)15(20)13(11)18/h2-6,8H,7H2,1H3. The third kappa shape index (κ3) is 2.86. The molecule has 0 N–H and O–H groups in total. The van der Waals surface area contributed by atoms with Gasteiger partial charge in [0.15, 0.2) is 29.1 Å². The first kappa shape index (κ1) is 16.1. The molecule has 6 heteroatoms. The predicted molar refractivity (Wildman–Crippen MR) is 70.0 cm³/mol. The van der Waals surface area contributed by atoms with Crippen molar-refractivity contribution in [2.75, 3.05) is 0 Å². The minimum atomic E-state index is -2.21. The van der Waals surface area contributed by atoms with Gasteiger partial charge < -0.3 is 0 Å². The number of ketones is 1. The van der Waals surface area contributed by atoms with Crippen molar-refractivity contribution in [1.82, 2.24) is 0 Å². The molecule has 0 aliphatic heterocycles. The van der Waals surface area contributed by atoms with E-state index in [4.69, 9.17) is 0 Å². The first-order chi connectivity index (χ1) is 10.3. The van der Waals surface area contributed by atoms with Crippen LogP contribution < -0.4 is 0 Å². The number of rotatable bonds is 4. The van der Waals surface area contributed by atoms with E-state index >= 15 is 0 Å². The van der Waals surface area contributed by atoms with Gasteiger partial charge in [-0.15, -0.1) is 0 Å². The lowest BCUT2D eigenvalue weighted by Gasteiger charge is -2.14. The number of hydrogen-bond donors (Lipinski definition) is 0. The second kappa shape index (κ2) is 6.25. The maximum atomic E-state index is 13.7. The highest BCUT2D eigenvalue weighted by Crippen LogP contribution is 2.31. The van der Waals surface area contributed by atoms with Crippen LogP contribution >= 0.6 is 0 Å². The summed E-state index contributed by atoms with van der Waals surface area (Å²) in [6.07, 6.45) is -0.373. The third-order valence-electron chi connectivity index (χ3n) is 3.32. The number of halogens is 5. The largest absolute Gasteiger partial charge is 0.294 e. The first-order valence-electron chi connectivity index (χ1n) is 6.44. The van der Waals surface area contributed by atoms with Crippen molar-refractivity contribution in [2.45, 2.75) is 19.3 Å². The van der Waals surface area contributed by atoms with E-state index in [1.165, 1.54) is 19.1 Å². The van der Waals surface area contributed by atoms with Crippen LogP contribution in [0.25, 0.3) is 0 Å². The Kier molecular flexibility index (Phi) is 4.59. The van der Waals surface area contributed by atoms with Gasteiger partial charge in [-0.1, -0.05) is 37.3 Å². The smallest absolute Gasteiger partial charge is 0.200 e. The van der Waals surface area contributed by atoms with E-state index in [0.717, 1.165) is 0 Å². The molecule has 1 unspecified atom stereocenters. The van der Waals surface area contributed by atoms with E-state index in [9.17, 15) is 26.7 Å². The lowest BCUT2D eigenvalue weighted by molar-refractivity contribution is 0.0974. The summed E-state index contributed by atoms with van der Waals surface area (Å²) in [5.74, 6) is -11.6. The van der Waals surface area contributed by atoms with Crippen LogP contribution in [0.4, 0.5) is 22.0 Å². The highest BCUT2D eigenvalue weighted by molar-refractivity contribution is 5.96. The summed E-state index contributed by atoms with van der Waals surface area (Å²) >= 11 is 0. The van der Waals surface area contributed by atoms with Crippen molar-refractivity contribution in [3.05, 3.63) is 70.5 Å². The molecule has 0 saturated heterocycles. The zero-order valence-corrected chi connectivity index (χ0v) is 11.5. The van der Waals surface area contributed by atoms with Crippen LogP contribution in [0.3, 0.4) is 0 Å². The fourth-order valence-corrected chi connectivity index (χ4v) is 2.18. The Morgan fingerprint density at radius 2 is 1.32 bits per heavy atom. The Bertz CT molecular complexity index is 683. The van der Waals surface area contributed by atoms with Crippen molar-refractivity contribution in [3.63, 3.8) is 0 Å². The maximum absolute atomic E-state index is 13.7. The molecule has 0 heterocycles. The van der Waals surface area contributed by atoms with Crippen molar-refractivity contribution in [1.29, 1.82) is 0 Å². The number of benzene rings is 2. The molecule has 2 aromatic carbocycles. The van der Waals surface area contributed by atoms with Gasteiger partial charge in [-0.25, -0.2) is 22.0 Å². The van der Waals surface area contributed by atoms with E-state index in [2.05, 4.69) is 0 Å². The van der Waals surface area contributed by atoms with Gasteiger partial charge in [0.2, 0.25) is 5.82 Å². The van der Waals surface area contributed by atoms with E-state index in [1.807, 2.05) is 0 Å². The van der Waals surface area contributed by atoms with Gasteiger partial charge >= 0.3 is 0 Å². The molecule has 0 spiro atoms. The summed E-state index contributed by atoms with van der Waals surface area (Å²) < 4.78 is 66.7. The molecular formula is C16H11F5O. The Morgan fingerprint density at radius 3 is 1.82 bits per heavy atom. The minimum absolute atomic E-state index is 0.304. The quantitative estimate of drug-likeness (QED) is 0.344. The van der Waals surface area contributed by atoms with E-state index in [-0.39, 0.29) is 6.42 Å². The molecule has 1 atom stereocenters. The maximum Gasteiger partial charge on any atom is 0.200 e. The van der Waals surface area contributed by atoms with Gasteiger partial charge in [0.05, 0.1) is 0 Å². The van der Waals surface area contributed by atoms with Gasteiger partial charge in [-0.2, -0.15) is 0 Å². The van der Waals surface area contributed by atoms with Crippen LogP contribution in [0, 0.1) is 29.1 Å². The molecule has 0 bridgehead atoms. The number of carbonyl (C=O) groups is 1. The van der Waals surface area contributed by atoms with Crippen LogP contribution in [-0.2, 0) is 0 Å². The first-order valence-corrected chi connectivity index (χ1v) is 6.44. The molecule has 0 saturated carbocycles. The molecule has 1 nitrogen and oxygen atoms in total. The topological polar surface area (TPSA) is 17.1 Å². The number of Topliss-reactive ketones (excluding diaryl/α,β-unsaturated/α-hetero) is 1. The molecule has 0 amide bonds. The van der Waals surface area contributed by atoms with Crippen molar-refractivity contribution >= 4 is 5.78 Å². The molecule has 22 heavy (non-hydrogen) atoms. The molecule has 0 aromatic heterocycles. The fourth-order valence-electron chi connectivity index (χ4n) is 2.18. The molecule has 0 fully saturated rings. The summed E-state index contributed by atoms with van der Waals surface area (Å²) in [6.45, 7) is 1.24. The van der Waals surface area contributed by atoms with E-state index < -0.39 is 46.4 Å². The second-order valence-corrected chi connectivity index (χ2v) is 4.88. The molecule has 116 valence electrons. The van der Waals surface area contributed by atoms with Gasteiger partial charge in [0.25, 0.3) is 0 Å². The fraction of sp³-hybridized carbons (Fsp3) is 0.188. The van der Waals surface area contributed by atoms with Gasteiger partial charge in [-0.3, -0.25) is 4.79 Å². The Hall–Kier alpha value is -2.24. The molecule has 2 aromatic rings.